The van der Waals surface area contributed by atoms with E-state index in [2.05, 4.69) is 25.7 Å². The summed E-state index contributed by atoms with van der Waals surface area (Å²) in [6.45, 7) is 1.99. The number of carbonyl (C=O) groups excluding carboxylic acids is 1. The maximum atomic E-state index is 11.8. The summed E-state index contributed by atoms with van der Waals surface area (Å²) in [5.41, 5.74) is 2.25. The third-order valence-corrected chi connectivity index (χ3v) is 3.42. The van der Waals surface area contributed by atoms with Gasteiger partial charge in [0, 0.05) is 0 Å². The molecule has 2 heterocycles. The molecule has 0 aliphatic heterocycles. The van der Waals surface area contributed by atoms with E-state index in [4.69, 9.17) is 0 Å². The molecule has 2 aromatic heterocycles. The van der Waals surface area contributed by atoms with Crippen LogP contribution >= 0.6 is 11.3 Å². The second kappa shape index (κ2) is 4.19. The summed E-state index contributed by atoms with van der Waals surface area (Å²) in [5.74, 6) is -0.319. The molecule has 0 bridgehead atoms. The molecule has 3 aromatic rings. The van der Waals surface area contributed by atoms with Gasteiger partial charge in [0.25, 0.3) is 5.91 Å². The monoisotopic (exact) mass is 259 g/mol. The number of amides is 1. The van der Waals surface area contributed by atoms with E-state index in [1.165, 1.54) is 17.5 Å². The van der Waals surface area contributed by atoms with Crippen LogP contribution in [-0.4, -0.2) is 26.3 Å². The Morgan fingerprint density at radius 3 is 3.06 bits per heavy atom. The topological polar surface area (TPSA) is 83.6 Å². The Hall–Kier alpha value is -2.28. The van der Waals surface area contributed by atoms with Crippen molar-refractivity contribution in [1.82, 2.24) is 20.4 Å². The summed E-state index contributed by atoms with van der Waals surface area (Å²) >= 11 is 1.44. The van der Waals surface area contributed by atoms with Gasteiger partial charge >= 0.3 is 0 Å². The van der Waals surface area contributed by atoms with Gasteiger partial charge in [0.05, 0.1) is 16.4 Å². The Morgan fingerprint density at radius 2 is 2.33 bits per heavy atom. The molecule has 0 aliphatic rings. The van der Waals surface area contributed by atoms with E-state index in [9.17, 15) is 4.79 Å². The normalized spacial score (nSPS) is 10.7. The molecule has 0 fully saturated rings. The smallest absolute Gasteiger partial charge is 0.279 e. The molecule has 0 saturated carbocycles. The molecule has 0 radical (unpaired) electrons. The fraction of sp³-hybridized carbons (Fsp3) is 0.0909. The number of hydrogen-bond acceptors (Lipinski definition) is 5. The van der Waals surface area contributed by atoms with Gasteiger partial charge in [0.15, 0.2) is 10.8 Å². The predicted molar refractivity (Wildman–Crippen MR) is 68.7 cm³/mol. The van der Waals surface area contributed by atoms with Crippen LogP contribution in [0, 0.1) is 6.92 Å². The van der Waals surface area contributed by atoms with Gasteiger partial charge in [0.2, 0.25) is 0 Å². The molecule has 18 heavy (non-hydrogen) atoms. The third kappa shape index (κ3) is 1.84. The quantitative estimate of drug-likeness (QED) is 0.737. The fourth-order valence-corrected chi connectivity index (χ4v) is 2.55. The Labute approximate surface area is 106 Å². The number of nitrogens with one attached hydrogen (secondary N) is 2. The summed E-state index contributed by atoms with van der Waals surface area (Å²) in [5, 5.41) is 13.0. The van der Waals surface area contributed by atoms with E-state index in [0.29, 0.717) is 5.13 Å². The average molecular weight is 259 g/mol. The second-order valence-corrected chi connectivity index (χ2v) is 4.78. The van der Waals surface area contributed by atoms with Gasteiger partial charge in [-0.2, -0.15) is 15.4 Å². The number of fused-ring (bicyclic) bond motifs is 1. The van der Waals surface area contributed by atoms with Crippen molar-refractivity contribution in [2.24, 2.45) is 0 Å². The molecular weight excluding hydrogens is 250 g/mol. The first kappa shape index (κ1) is 10.8. The highest BCUT2D eigenvalue weighted by molar-refractivity contribution is 7.22. The van der Waals surface area contributed by atoms with Gasteiger partial charge in [0.1, 0.15) is 0 Å². The molecule has 0 aliphatic carbocycles. The number of benzene rings is 1. The summed E-state index contributed by atoms with van der Waals surface area (Å²) in [4.78, 5) is 16.2. The van der Waals surface area contributed by atoms with Crippen LogP contribution in [0.4, 0.5) is 5.13 Å². The number of hydrogen-bond donors (Lipinski definition) is 2. The van der Waals surface area contributed by atoms with Crippen molar-refractivity contribution < 1.29 is 4.79 Å². The minimum Gasteiger partial charge on any atom is -0.296 e. The molecule has 7 heteroatoms. The highest BCUT2D eigenvalue weighted by Gasteiger charge is 2.12. The Morgan fingerprint density at radius 1 is 1.44 bits per heavy atom. The molecule has 0 spiro atoms. The molecule has 0 saturated heterocycles. The summed E-state index contributed by atoms with van der Waals surface area (Å²) in [6, 6.07) is 5.94. The Kier molecular flexibility index (Phi) is 2.52. The van der Waals surface area contributed by atoms with E-state index >= 15 is 0 Å². The SMILES string of the molecule is Cc1cccc2sc(NC(=O)c3cn[nH]n3)nc12. The van der Waals surface area contributed by atoms with Crippen LogP contribution in [-0.2, 0) is 0 Å². The summed E-state index contributed by atoms with van der Waals surface area (Å²) in [6.07, 6.45) is 1.37. The number of rotatable bonds is 2. The van der Waals surface area contributed by atoms with Crippen LogP contribution in [0.25, 0.3) is 10.2 Å². The largest absolute Gasteiger partial charge is 0.296 e. The number of para-hydroxylation sites is 1. The summed E-state index contributed by atoms with van der Waals surface area (Å²) in [7, 11) is 0. The molecular formula is C11H9N5OS. The molecule has 3 rings (SSSR count). The van der Waals surface area contributed by atoms with Gasteiger partial charge in [-0.05, 0) is 18.6 Å². The maximum Gasteiger partial charge on any atom is 0.279 e. The number of nitrogens with zero attached hydrogens (tertiary/aromatic N) is 3. The average Bonchev–Trinajstić information content (AvgIpc) is 2.97. The zero-order valence-corrected chi connectivity index (χ0v) is 10.3. The second-order valence-electron chi connectivity index (χ2n) is 3.75. The van der Waals surface area contributed by atoms with E-state index in [0.717, 1.165) is 15.8 Å². The molecule has 6 nitrogen and oxygen atoms in total. The number of aryl methyl sites for hydroxylation is 1. The lowest BCUT2D eigenvalue weighted by Gasteiger charge is -1.95. The number of anilines is 1. The predicted octanol–water partition coefficient (Wildman–Crippen LogP) is 1.98. The first-order valence-corrected chi connectivity index (χ1v) is 6.09. The first-order valence-electron chi connectivity index (χ1n) is 5.27. The van der Waals surface area contributed by atoms with Crippen LogP contribution in [0.1, 0.15) is 16.1 Å². The van der Waals surface area contributed by atoms with Crippen LogP contribution in [0.5, 0.6) is 0 Å². The lowest BCUT2D eigenvalue weighted by molar-refractivity contribution is 0.102. The number of aromatic amines is 1. The molecule has 0 unspecified atom stereocenters. The standard InChI is InChI=1S/C11H9N5OS/c1-6-3-2-4-8-9(6)13-11(18-8)14-10(17)7-5-12-16-15-7/h2-5H,1H3,(H,12,15,16)(H,13,14,17). The van der Waals surface area contributed by atoms with Crippen molar-refractivity contribution in [3.05, 3.63) is 35.7 Å². The highest BCUT2D eigenvalue weighted by Crippen LogP contribution is 2.27. The van der Waals surface area contributed by atoms with Crippen molar-refractivity contribution in [3.8, 4) is 0 Å². The maximum absolute atomic E-state index is 11.8. The van der Waals surface area contributed by atoms with Crippen molar-refractivity contribution in [2.45, 2.75) is 6.92 Å². The van der Waals surface area contributed by atoms with Crippen molar-refractivity contribution >= 4 is 32.6 Å². The van der Waals surface area contributed by atoms with Crippen LogP contribution in [0.3, 0.4) is 0 Å². The summed E-state index contributed by atoms with van der Waals surface area (Å²) < 4.78 is 1.05. The van der Waals surface area contributed by atoms with Crippen molar-refractivity contribution in [1.29, 1.82) is 0 Å². The third-order valence-electron chi connectivity index (χ3n) is 2.49. The van der Waals surface area contributed by atoms with Crippen LogP contribution in [0.2, 0.25) is 0 Å². The lowest BCUT2D eigenvalue weighted by atomic mass is 10.2. The molecule has 2 N–H and O–H groups in total. The number of H-pyrrole nitrogens is 1. The fourth-order valence-electron chi connectivity index (χ4n) is 1.61. The Bertz CT molecular complexity index is 703. The van der Waals surface area contributed by atoms with Crippen molar-refractivity contribution in [2.75, 3.05) is 5.32 Å². The van der Waals surface area contributed by atoms with Gasteiger partial charge < -0.3 is 0 Å². The van der Waals surface area contributed by atoms with Crippen molar-refractivity contribution in [3.63, 3.8) is 0 Å². The van der Waals surface area contributed by atoms with E-state index in [1.54, 1.807) is 0 Å². The lowest BCUT2D eigenvalue weighted by Crippen LogP contribution is -2.12. The highest BCUT2D eigenvalue weighted by atomic mass is 32.1. The van der Waals surface area contributed by atoms with E-state index in [-0.39, 0.29) is 11.6 Å². The Balaban J connectivity index is 1.92. The zero-order valence-electron chi connectivity index (χ0n) is 9.47. The van der Waals surface area contributed by atoms with Gasteiger partial charge in [-0.25, -0.2) is 4.98 Å². The van der Waals surface area contributed by atoms with Crippen LogP contribution < -0.4 is 5.32 Å². The van der Waals surface area contributed by atoms with E-state index in [1.807, 2.05) is 25.1 Å². The molecule has 90 valence electrons. The van der Waals surface area contributed by atoms with Gasteiger partial charge in [-0.1, -0.05) is 23.5 Å². The number of aromatic nitrogens is 4. The molecule has 0 atom stereocenters. The van der Waals surface area contributed by atoms with Crippen LogP contribution in [0.15, 0.2) is 24.4 Å². The van der Waals surface area contributed by atoms with E-state index < -0.39 is 0 Å². The minimum absolute atomic E-state index is 0.242. The number of carbonyl (C=O) groups is 1. The van der Waals surface area contributed by atoms with Gasteiger partial charge in [-0.3, -0.25) is 10.1 Å². The number of thiazole rings is 1. The first-order chi connectivity index (χ1) is 8.74. The molecule has 1 aromatic carbocycles. The zero-order chi connectivity index (χ0) is 12.5. The minimum atomic E-state index is -0.319. The molecule has 1 amide bonds. The van der Waals surface area contributed by atoms with Gasteiger partial charge in [-0.15, -0.1) is 0 Å².